The first kappa shape index (κ1) is 22.1. The van der Waals surface area contributed by atoms with Gasteiger partial charge in [-0.25, -0.2) is 14.8 Å². The van der Waals surface area contributed by atoms with Crippen LogP contribution < -0.4 is 9.47 Å². The zero-order valence-corrected chi connectivity index (χ0v) is 18.5. The van der Waals surface area contributed by atoms with E-state index in [0.29, 0.717) is 25.0 Å². The number of ether oxygens (including phenoxy) is 3. The molecule has 2 aromatic rings. The molecule has 7 heteroatoms. The summed E-state index contributed by atoms with van der Waals surface area (Å²) in [6, 6.07) is 7.85. The lowest BCUT2D eigenvalue weighted by atomic mass is 9.98. The Morgan fingerprint density at radius 2 is 1.77 bits per heavy atom. The maximum atomic E-state index is 12.6. The van der Waals surface area contributed by atoms with Crippen molar-refractivity contribution in [3.05, 3.63) is 24.3 Å². The van der Waals surface area contributed by atoms with E-state index in [1.165, 1.54) is 0 Å². The minimum atomic E-state index is -0.480. The van der Waals surface area contributed by atoms with Crippen LogP contribution in [0.3, 0.4) is 0 Å². The standard InChI is InChI=1S/C23H33N3O4/c1-5-28-20-21(25-19-14-7-6-13-18(19)24-20)29-16-10-12-17-11-8-9-15-26(17)22(27)30-23(2,3)4/h6-7,13-14,17H,5,8-12,15-16H2,1-4H3. The largest absolute Gasteiger partial charge is 0.474 e. The van der Waals surface area contributed by atoms with Crippen LogP contribution in [0.15, 0.2) is 24.3 Å². The molecule has 1 atom stereocenters. The lowest BCUT2D eigenvalue weighted by molar-refractivity contribution is 0.00821. The number of carbonyl (C=O) groups is 1. The van der Waals surface area contributed by atoms with Crippen LogP contribution in [0, 0.1) is 0 Å². The molecule has 1 aromatic heterocycles. The Morgan fingerprint density at radius 1 is 1.10 bits per heavy atom. The van der Waals surface area contributed by atoms with Crippen LogP contribution >= 0.6 is 0 Å². The van der Waals surface area contributed by atoms with Crippen molar-refractivity contribution in [1.82, 2.24) is 14.9 Å². The molecule has 2 heterocycles. The van der Waals surface area contributed by atoms with Gasteiger partial charge in [-0.1, -0.05) is 12.1 Å². The third kappa shape index (κ3) is 5.97. The highest BCUT2D eigenvalue weighted by atomic mass is 16.6. The van der Waals surface area contributed by atoms with Gasteiger partial charge in [-0.05, 0) is 71.9 Å². The molecular formula is C23H33N3O4. The fourth-order valence-corrected chi connectivity index (χ4v) is 3.64. The first-order valence-corrected chi connectivity index (χ1v) is 10.9. The van der Waals surface area contributed by atoms with Gasteiger partial charge in [-0.2, -0.15) is 0 Å². The van der Waals surface area contributed by atoms with E-state index < -0.39 is 5.60 Å². The van der Waals surface area contributed by atoms with Crippen LogP contribution in [0.25, 0.3) is 11.0 Å². The number of hydrogen-bond acceptors (Lipinski definition) is 6. The van der Waals surface area contributed by atoms with E-state index in [4.69, 9.17) is 14.2 Å². The number of rotatable bonds is 7. The third-order valence-electron chi connectivity index (χ3n) is 4.97. The summed E-state index contributed by atoms with van der Waals surface area (Å²) in [7, 11) is 0. The molecular weight excluding hydrogens is 382 g/mol. The molecule has 1 aromatic carbocycles. The quantitative estimate of drug-likeness (QED) is 0.594. The number of benzene rings is 1. The summed E-state index contributed by atoms with van der Waals surface area (Å²) in [5.74, 6) is 0.840. The summed E-state index contributed by atoms with van der Waals surface area (Å²) in [6.45, 7) is 9.36. The zero-order chi connectivity index (χ0) is 21.6. The van der Waals surface area contributed by atoms with Crippen molar-refractivity contribution in [3.63, 3.8) is 0 Å². The van der Waals surface area contributed by atoms with Crippen LogP contribution in [0.4, 0.5) is 4.79 Å². The van der Waals surface area contributed by atoms with E-state index in [9.17, 15) is 4.79 Å². The number of aromatic nitrogens is 2. The molecule has 0 radical (unpaired) electrons. The third-order valence-corrected chi connectivity index (χ3v) is 4.97. The van der Waals surface area contributed by atoms with Crippen molar-refractivity contribution in [2.75, 3.05) is 19.8 Å². The van der Waals surface area contributed by atoms with Crippen LogP contribution in [-0.2, 0) is 4.74 Å². The highest BCUT2D eigenvalue weighted by Crippen LogP contribution is 2.27. The number of nitrogens with zero attached hydrogens (tertiary/aromatic N) is 3. The Morgan fingerprint density at radius 3 is 2.40 bits per heavy atom. The average molecular weight is 416 g/mol. The van der Waals surface area contributed by atoms with Crippen molar-refractivity contribution in [2.24, 2.45) is 0 Å². The predicted molar refractivity (Wildman–Crippen MR) is 116 cm³/mol. The number of likely N-dealkylation sites (tertiary alicyclic amines) is 1. The zero-order valence-electron chi connectivity index (χ0n) is 18.5. The minimum absolute atomic E-state index is 0.186. The van der Waals surface area contributed by atoms with Gasteiger partial charge in [-0.3, -0.25) is 0 Å². The molecule has 1 aliphatic rings. The number of para-hydroxylation sites is 2. The molecule has 30 heavy (non-hydrogen) atoms. The molecule has 1 amide bonds. The van der Waals surface area contributed by atoms with Gasteiger partial charge in [-0.15, -0.1) is 0 Å². The summed E-state index contributed by atoms with van der Waals surface area (Å²) >= 11 is 0. The van der Waals surface area contributed by atoms with Crippen molar-refractivity contribution in [3.8, 4) is 11.8 Å². The molecule has 1 unspecified atom stereocenters. The van der Waals surface area contributed by atoms with Gasteiger partial charge in [0.1, 0.15) is 5.60 Å². The molecule has 164 valence electrons. The second kappa shape index (κ2) is 9.96. The molecule has 1 saturated heterocycles. The number of piperidine rings is 1. The maximum absolute atomic E-state index is 12.6. The topological polar surface area (TPSA) is 73.8 Å². The highest BCUT2D eigenvalue weighted by molar-refractivity contribution is 5.75. The van der Waals surface area contributed by atoms with Gasteiger partial charge < -0.3 is 19.1 Å². The molecule has 7 nitrogen and oxygen atoms in total. The van der Waals surface area contributed by atoms with Crippen molar-refractivity contribution in [2.45, 2.75) is 71.4 Å². The van der Waals surface area contributed by atoms with Crippen molar-refractivity contribution in [1.29, 1.82) is 0 Å². The molecule has 0 aliphatic carbocycles. The molecule has 0 saturated carbocycles. The summed E-state index contributed by atoms with van der Waals surface area (Å²) in [4.78, 5) is 23.5. The monoisotopic (exact) mass is 415 g/mol. The van der Waals surface area contributed by atoms with Gasteiger partial charge >= 0.3 is 6.09 Å². The Balaban J connectivity index is 1.58. The SMILES string of the molecule is CCOc1nc2ccccc2nc1OCCCC1CCCCN1C(=O)OC(C)(C)C. The van der Waals surface area contributed by atoms with E-state index >= 15 is 0 Å². The Labute approximate surface area is 178 Å². The number of fused-ring (bicyclic) bond motifs is 1. The lowest BCUT2D eigenvalue weighted by Crippen LogP contribution is -2.46. The molecule has 1 aliphatic heterocycles. The molecule has 0 spiro atoms. The first-order valence-electron chi connectivity index (χ1n) is 10.9. The second-order valence-corrected chi connectivity index (χ2v) is 8.57. The number of hydrogen-bond donors (Lipinski definition) is 0. The summed E-state index contributed by atoms with van der Waals surface area (Å²) in [5, 5.41) is 0. The van der Waals surface area contributed by atoms with Crippen LogP contribution in [-0.4, -0.2) is 52.4 Å². The van der Waals surface area contributed by atoms with Crippen LogP contribution in [0.5, 0.6) is 11.8 Å². The van der Waals surface area contributed by atoms with Gasteiger partial charge in [0.15, 0.2) is 0 Å². The molecule has 0 bridgehead atoms. The number of carbonyl (C=O) groups excluding carboxylic acids is 1. The first-order chi connectivity index (χ1) is 14.4. The smallest absolute Gasteiger partial charge is 0.410 e. The minimum Gasteiger partial charge on any atom is -0.474 e. The van der Waals surface area contributed by atoms with Crippen molar-refractivity contribution >= 4 is 17.1 Å². The Hall–Kier alpha value is -2.57. The maximum Gasteiger partial charge on any atom is 0.410 e. The van der Waals surface area contributed by atoms with E-state index in [-0.39, 0.29) is 12.1 Å². The fraction of sp³-hybridized carbons (Fsp3) is 0.609. The summed E-state index contributed by atoms with van der Waals surface area (Å²) in [5.41, 5.74) is 1.08. The van der Waals surface area contributed by atoms with Crippen molar-refractivity contribution < 1.29 is 19.0 Å². The Kier molecular flexibility index (Phi) is 7.34. The van der Waals surface area contributed by atoms with Gasteiger partial charge in [0, 0.05) is 12.6 Å². The van der Waals surface area contributed by atoms with Crippen LogP contribution in [0.2, 0.25) is 0 Å². The predicted octanol–water partition coefficient (Wildman–Crippen LogP) is 4.98. The summed E-state index contributed by atoms with van der Waals surface area (Å²) in [6.07, 6.45) is 4.62. The molecule has 3 rings (SSSR count). The van der Waals surface area contributed by atoms with E-state index in [1.54, 1.807) is 0 Å². The van der Waals surface area contributed by atoms with Gasteiger partial charge in [0.2, 0.25) is 0 Å². The Bertz CT molecular complexity index is 850. The average Bonchev–Trinajstić information content (AvgIpc) is 2.70. The number of amides is 1. The van der Waals surface area contributed by atoms with E-state index in [0.717, 1.165) is 49.7 Å². The molecule has 0 N–H and O–H groups in total. The van der Waals surface area contributed by atoms with E-state index in [2.05, 4.69) is 9.97 Å². The second-order valence-electron chi connectivity index (χ2n) is 8.57. The summed E-state index contributed by atoms with van der Waals surface area (Å²) < 4.78 is 17.1. The lowest BCUT2D eigenvalue weighted by Gasteiger charge is -2.36. The van der Waals surface area contributed by atoms with E-state index in [1.807, 2.05) is 56.9 Å². The fourth-order valence-electron chi connectivity index (χ4n) is 3.64. The van der Waals surface area contributed by atoms with Crippen LogP contribution in [0.1, 0.15) is 59.8 Å². The van der Waals surface area contributed by atoms with Gasteiger partial charge in [0.05, 0.1) is 24.2 Å². The molecule has 1 fully saturated rings. The highest BCUT2D eigenvalue weighted by Gasteiger charge is 2.30. The normalized spacial score (nSPS) is 17.1. The van der Waals surface area contributed by atoms with Gasteiger partial charge in [0.25, 0.3) is 11.8 Å².